The van der Waals surface area contributed by atoms with Crippen molar-refractivity contribution in [1.29, 1.82) is 0 Å². The largest absolute Gasteiger partial charge is 0.481 e. The minimum atomic E-state index is -0.878. The quantitative estimate of drug-likeness (QED) is 0.396. The predicted octanol–water partition coefficient (Wildman–Crippen LogP) is 7.43. The number of carboxylic acids is 1. The molecule has 0 spiro atoms. The summed E-state index contributed by atoms with van der Waals surface area (Å²) in [6.45, 7) is 4.00. The first-order valence-electron chi connectivity index (χ1n) is 8.80. The highest BCUT2D eigenvalue weighted by molar-refractivity contribution is 8.00. The third-order valence-electron chi connectivity index (χ3n) is 3.67. The number of aliphatic carboxylic acids is 1. The minimum absolute atomic E-state index is 0.0612. The summed E-state index contributed by atoms with van der Waals surface area (Å²) in [4.78, 5) is 12.0. The number of hydrogen-bond donors (Lipinski definition) is 2. The Morgan fingerprint density at radius 2 is 1.57 bits per heavy atom. The van der Waals surface area contributed by atoms with Crippen molar-refractivity contribution < 1.29 is 9.90 Å². The molecule has 2 N–H and O–H groups in total. The second-order valence-corrected chi connectivity index (χ2v) is 7.37. The van der Waals surface area contributed by atoms with Crippen LogP contribution in [0.5, 0.6) is 0 Å². The number of benzene rings is 3. The number of anilines is 1. The van der Waals surface area contributed by atoms with Crippen molar-refractivity contribution in [2.24, 2.45) is 0 Å². The Labute approximate surface area is 179 Å². The first kappa shape index (κ1) is 22.2. The molecular formula is C22H21Cl2NO2S. The highest BCUT2D eigenvalue weighted by atomic mass is 35.5. The molecule has 0 amide bonds. The van der Waals surface area contributed by atoms with Crippen LogP contribution in [0, 0.1) is 0 Å². The van der Waals surface area contributed by atoms with Gasteiger partial charge in [-0.05, 0) is 52.9 Å². The molecule has 0 aliphatic heterocycles. The monoisotopic (exact) mass is 433 g/mol. The minimum Gasteiger partial charge on any atom is -0.481 e. The molecule has 146 valence electrons. The molecule has 0 aromatic heterocycles. The van der Waals surface area contributed by atoms with Gasteiger partial charge in [-0.1, -0.05) is 79.5 Å². The van der Waals surface area contributed by atoms with Crippen LogP contribution in [-0.2, 0) is 11.2 Å². The summed E-state index contributed by atoms with van der Waals surface area (Å²) >= 11 is 13.4. The summed E-state index contributed by atoms with van der Waals surface area (Å²) in [5.74, 6) is -0.878. The third kappa shape index (κ3) is 6.48. The van der Waals surface area contributed by atoms with Gasteiger partial charge in [-0.2, -0.15) is 0 Å². The molecule has 0 atom stereocenters. The van der Waals surface area contributed by atoms with E-state index in [0.717, 1.165) is 21.7 Å². The lowest BCUT2D eigenvalue weighted by molar-refractivity contribution is -0.136. The second kappa shape index (κ2) is 11.0. The van der Waals surface area contributed by atoms with E-state index >= 15 is 0 Å². The van der Waals surface area contributed by atoms with Gasteiger partial charge >= 0.3 is 5.97 Å². The van der Waals surface area contributed by atoms with Crippen LogP contribution in [0.2, 0.25) is 10.0 Å². The molecule has 0 saturated heterocycles. The number of nitrogens with one attached hydrogen (secondary N) is 1. The summed E-state index contributed by atoms with van der Waals surface area (Å²) < 4.78 is 3.24. The van der Waals surface area contributed by atoms with E-state index < -0.39 is 5.97 Å². The van der Waals surface area contributed by atoms with Crippen LogP contribution >= 0.6 is 35.1 Å². The zero-order chi connectivity index (χ0) is 20.5. The average molecular weight is 434 g/mol. The number of carbonyl (C=O) groups is 1. The van der Waals surface area contributed by atoms with Crippen molar-refractivity contribution >= 4 is 46.8 Å². The molecule has 0 radical (unpaired) electrons. The molecule has 0 bridgehead atoms. The van der Waals surface area contributed by atoms with Gasteiger partial charge in [-0.3, -0.25) is 4.79 Å². The fourth-order valence-corrected chi connectivity index (χ4v) is 3.95. The standard InChI is InChI=1S/C20H15Cl2NO2S.C2H6/c21-16-10-17(22)12-18(11-16)26-23-19-8-14(13-4-2-1-3-5-13)6-7-15(19)9-20(24)25;1-2/h1-8,10-12,23H,9H2,(H,24,25);1-2H3. The maximum atomic E-state index is 11.2. The Morgan fingerprint density at radius 1 is 0.929 bits per heavy atom. The Balaban J connectivity index is 0.00000136. The SMILES string of the molecule is CC.O=C(O)Cc1ccc(-c2ccccc2)cc1NSc1cc(Cl)cc(Cl)c1. The first-order valence-corrected chi connectivity index (χ1v) is 10.4. The van der Waals surface area contributed by atoms with Crippen molar-refractivity contribution in [2.75, 3.05) is 4.72 Å². The normalized spacial score (nSPS) is 10.0. The van der Waals surface area contributed by atoms with Gasteiger partial charge in [0.05, 0.1) is 6.42 Å². The Morgan fingerprint density at radius 3 is 2.18 bits per heavy atom. The zero-order valence-electron chi connectivity index (χ0n) is 15.6. The van der Waals surface area contributed by atoms with Gasteiger partial charge in [0.2, 0.25) is 0 Å². The summed E-state index contributed by atoms with van der Waals surface area (Å²) in [6.07, 6.45) is -0.0612. The first-order chi connectivity index (χ1) is 13.5. The Kier molecular flexibility index (Phi) is 8.71. The van der Waals surface area contributed by atoms with E-state index in [1.165, 1.54) is 11.9 Å². The lowest BCUT2D eigenvalue weighted by Crippen LogP contribution is -2.03. The molecule has 3 aromatic rings. The van der Waals surface area contributed by atoms with Crippen molar-refractivity contribution in [1.82, 2.24) is 0 Å². The summed E-state index contributed by atoms with van der Waals surface area (Å²) in [7, 11) is 0. The topological polar surface area (TPSA) is 49.3 Å². The van der Waals surface area contributed by atoms with E-state index in [9.17, 15) is 4.79 Å². The summed E-state index contributed by atoms with van der Waals surface area (Å²) in [6, 6.07) is 20.9. The van der Waals surface area contributed by atoms with Crippen LogP contribution in [0.15, 0.2) is 71.6 Å². The molecular weight excluding hydrogens is 413 g/mol. The molecule has 0 saturated carbocycles. The smallest absolute Gasteiger partial charge is 0.307 e. The van der Waals surface area contributed by atoms with E-state index in [1.54, 1.807) is 18.2 Å². The van der Waals surface area contributed by atoms with E-state index in [2.05, 4.69) is 4.72 Å². The highest BCUT2D eigenvalue weighted by Crippen LogP contribution is 2.31. The van der Waals surface area contributed by atoms with Crippen LogP contribution in [0.1, 0.15) is 19.4 Å². The van der Waals surface area contributed by atoms with Crippen molar-refractivity contribution in [2.45, 2.75) is 25.2 Å². The summed E-state index contributed by atoms with van der Waals surface area (Å²) in [5.41, 5.74) is 3.52. The highest BCUT2D eigenvalue weighted by Gasteiger charge is 2.10. The maximum Gasteiger partial charge on any atom is 0.307 e. The van der Waals surface area contributed by atoms with Crippen LogP contribution in [0.3, 0.4) is 0 Å². The van der Waals surface area contributed by atoms with Crippen molar-refractivity contribution in [3.05, 3.63) is 82.3 Å². The molecule has 0 aliphatic carbocycles. The van der Waals surface area contributed by atoms with Gasteiger partial charge in [0.25, 0.3) is 0 Å². The number of rotatable bonds is 6. The molecule has 0 fully saturated rings. The summed E-state index contributed by atoms with van der Waals surface area (Å²) in [5, 5.41) is 10.3. The Hall–Kier alpha value is -2.14. The van der Waals surface area contributed by atoms with Gasteiger partial charge in [-0.25, -0.2) is 0 Å². The lowest BCUT2D eigenvalue weighted by atomic mass is 10.0. The van der Waals surface area contributed by atoms with E-state index in [4.69, 9.17) is 28.3 Å². The van der Waals surface area contributed by atoms with Gasteiger partial charge < -0.3 is 9.83 Å². The fourth-order valence-electron chi connectivity index (χ4n) is 2.50. The Bertz CT molecular complexity index is 913. The lowest BCUT2D eigenvalue weighted by Gasteiger charge is -2.13. The zero-order valence-corrected chi connectivity index (χ0v) is 17.9. The van der Waals surface area contributed by atoms with Crippen LogP contribution in [0.25, 0.3) is 11.1 Å². The molecule has 0 aliphatic rings. The van der Waals surface area contributed by atoms with Crippen LogP contribution < -0.4 is 4.72 Å². The number of halogens is 2. The van der Waals surface area contributed by atoms with Crippen LogP contribution in [-0.4, -0.2) is 11.1 Å². The third-order valence-corrected chi connectivity index (χ3v) is 4.90. The predicted molar refractivity (Wildman–Crippen MR) is 121 cm³/mol. The van der Waals surface area contributed by atoms with Gasteiger partial charge in [0.1, 0.15) is 0 Å². The van der Waals surface area contributed by atoms with Gasteiger partial charge in [0.15, 0.2) is 0 Å². The van der Waals surface area contributed by atoms with E-state index in [-0.39, 0.29) is 6.42 Å². The van der Waals surface area contributed by atoms with Gasteiger partial charge in [-0.15, -0.1) is 0 Å². The van der Waals surface area contributed by atoms with E-state index in [0.29, 0.717) is 15.6 Å². The molecule has 3 nitrogen and oxygen atoms in total. The van der Waals surface area contributed by atoms with Crippen LogP contribution in [0.4, 0.5) is 5.69 Å². The molecule has 0 heterocycles. The molecule has 28 heavy (non-hydrogen) atoms. The fraction of sp³-hybridized carbons (Fsp3) is 0.136. The molecule has 3 rings (SSSR count). The van der Waals surface area contributed by atoms with Gasteiger partial charge in [0, 0.05) is 20.6 Å². The molecule has 0 unspecified atom stereocenters. The molecule has 6 heteroatoms. The maximum absolute atomic E-state index is 11.2. The average Bonchev–Trinajstić information content (AvgIpc) is 2.68. The van der Waals surface area contributed by atoms with Crippen molar-refractivity contribution in [3.8, 4) is 11.1 Å². The van der Waals surface area contributed by atoms with Crippen molar-refractivity contribution in [3.63, 3.8) is 0 Å². The number of carboxylic acid groups (broad SMARTS) is 1. The number of hydrogen-bond acceptors (Lipinski definition) is 3. The van der Waals surface area contributed by atoms with E-state index in [1.807, 2.05) is 62.4 Å². The molecule has 3 aromatic carbocycles. The second-order valence-electron chi connectivity index (χ2n) is 5.62.